The van der Waals surface area contributed by atoms with E-state index in [0.717, 1.165) is 17.7 Å². The second kappa shape index (κ2) is 8.43. The Balaban J connectivity index is 2.45. The number of allylic oxidation sites excluding steroid dienone is 2. The van der Waals surface area contributed by atoms with E-state index in [0.29, 0.717) is 5.76 Å². The molecule has 2 atom stereocenters. The van der Waals surface area contributed by atoms with Gasteiger partial charge in [-0.25, -0.2) is 4.79 Å². The maximum Gasteiger partial charge on any atom is 0.338 e. The largest absolute Gasteiger partial charge is 0.491 e. The molecule has 1 heterocycles. The van der Waals surface area contributed by atoms with Gasteiger partial charge in [-0.2, -0.15) is 5.26 Å². The lowest BCUT2D eigenvalue weighted by atomic mass is 9.83. The summed E-state index contributed by atoms with van der Waals surface area (Å²) in [5.74, 6) is -0.0857. The molecule has 6 nitrogen and oxygen atoms in total. The molecule has 1 aliphatic heterocycles. The molecule has 138 valence electrons. The summed E-state index contributed by atoms with van der Waals surface area (Å²) < 4.78 is 16.3. The van der Waals surface area contributed by atoms with Crippen molar-refractivity contribution in [1.82, 2.24) is 0 Å². The van der Waals surface area contributed by atoms with Crippen LogP contribution in [0.1, 0.15) is 45.6 Å². The maximum absolute atomic E-state index is 12.5. The van der Waals surface area contributed by atoms with Gasteiger partial charge in [0.1, 0.15) is 23.2 Å². The molecule has 1 aromatic rings. The zero-order valence-corrected chi connectivity index (χ0v) is 15.5. The standard InChI is InChI=1S/C20H24N2O4/c1-5-12(3)25-15-9-7-14(8-10-15)18-16(11-21)19(22)26-13(4)17(18)20(23)24-6-2/h7-10,12,18H,5-6,22H2,1-4H3. The number of carbonyl (C=O) groups excluding carboxylic acids is 1. The number of esters is 1. The van der Waals surface area contributed by atoms with Crippen LogP contribution in [-0.2, 0) is 14.3 Å². The van der Waals surface area contributed by atoms with Gasteiger partial charge in [-0.1, -0.05) is 19.1 Å². The average molecular weight is 356 g/mol. The van der Waals surface area contributed by atoms with E-state index < -0.39 is 11.9 Å². The van der Waals surface area contributed by atoms with Crippen LogP contribution in [0.15, 0.2) is 47.1 Å². The van der Waals surface area contributed by atoms with E-state index >= 15 is 0 Å². The molecule has 1 aromatic carbocycles. The number of ether oxygens (including phenoxy) is 3. The van der Waals surface area contributed by atoms with Gasteiger partial charge in [0, 0.05) is 0 Å². The monoisotopic (exact) mass is 356 g/mol. The molecule has 0 bridgehead atoms. The average Bonchev–Trinajstić information content (AvgIpc) is 2.61. The summed E-state index contributed by atoms with van der Waals surface area (Å²) in [6.07, 6.45) is 1.00. The van der Waals surface area contributed by atoms with Gasteiger partial charge in [-0.15, -0.1) is 0 Å². The lowest BCUT2D eigenvalue weighted by Gasteiger charge is -2.27. The highest BCUT2D eigenvalue weighted by atomic mass is 16.5. The van der Waals surface area contributed by atoms with Crippen molar-refractivity contribution in [2.45, 2.75) is 46.1 Å². The second-order valence-corrected chi connectivity index (χ2v) is 6.02. The highest BCUT2D eigenvalue weighted by molar-refractivity contribution is 5.92. The highest BCUT2D eigenvalue weighted by Crippen LogP contribution is 2.40. The minimum Gasteiger partial charge on any atom is -0.491 e. The van der Waals surface area contributed by atoms with Crippen LogP contribution in [0, 0.1) is 11.3 Å². The minimum absolute atomic E-state index is 0.00276. The third-order valence-corrected chi connectivity index (χ3v) is 4.23. The van der Waals surface area contributed by atoms with Gasteiger partial charge in [0.2, 0.25) is 5.88 Å². The molecule has 0 aromatic heterocycles. The van der Waals surface area contributed by atoms with Crippen molar-refractivity contribution in [2.75, 3.05) is 6.61 Å². The molecule has 0 saturated heterocycles. The molecule has 6 heteroatoms. The second-order valence-electron chi connectivity index (χ2n) is 6.02. The zero-order chi connectivity index (χ0) is 19.3. The fourth-order valence-electron chi connectivity index (χ4n) is 2.74. The molecular weight excluding hydrogens is 332 g/mol. The van der Waals surface area contributed by atoms with Gasteiger partial charge < -0.3 is 19.9 Å². The van der Waals surface area contributed by atoms with Gasteiger partial charge in [-0.3, -0.25) is 0 Å². The smallest absolute Gasteiger partial charge is 0.338 e. The first-order valence-electron chi connectivity index (χ1n) is 8.64. The predicted molar refractivity (Wildman–Crippen MR) is 96.8 cm³/mol. The van der Waals surface area contributed by atoms with E-state index in [1.807, 2.05) is 38.1 Å². The summed E-state index contributed by atoms with van der Waals surface area (Å²) in [5.41, 5.74) is 7.10. The van der Waals surface area contributed by atoms with Gasteiger partial charge in [0.25, 0.3) is 0 Å². The highest BCUT2D eigenvalue weighted by Gasteiger charge is 2.36. The SMILES string of the molecule is CCOC(=O)C1=C(C)OC(N)=C(C#N)C1c1ccc(OC(C)CC)cc1. The van der Waals surface area contributed by atoms with Gasteiger partial charge >= 0.3 is 5.97 Å². The normalized spacial score (nSPS) is 18.0. The first-order valence-corrected chi connectivity index (χ1v) is 8.64. The Hall–Kier alpha value is -2.94. The third kappa shape index (κ3) is 3.99. The quantitative estimate of drug-likeness (QED) is 0.784. The van der Waals surface area contributed by atoms with Crippen LogP contribution in [0.5, 0.6) is 5.75 Å². The molecular formula is C20H24N2O4. The number of nitrogens with two attached hydrogens (primary N) is 1. The fraction of sp³-hybridized carbons (Fsp3) is 0.400. The van der Waals surface area contributed by atoms with E-state index in [-0.39, 0.29) is 29.7 Å². The van der Waals surface area contributed by atoms with Crippen molar-refractivity contribution in [3.05, 3.63) is 52.6 Å². The summed E-state index contributed by atoms with van der Waals surface area (Å²) in [6.45, 7) is 7.64. The Bertz CT molecular complexity index is 772. The van der Waals surface area contributed by atoms with Crippen molar-refractivity contribution in [1.29, 1.82) is 5.26 Å². The van der Waals surface area contributed by atoms with E-state index in [2.05, 4.69) is 6.07 Å². The van der Waals surface area contributed by atoms with E-state index in [1.54, 1.807) is 13.8 Å². The number of nitrogens with zero attached hydrogens (tertiary/aromatic N) is 1. The molecule has 1 aliphatic rings. The Morgan fingerprint density at radius 2 is 2.00 bits per heavy atom. The molecule has 0 spiro atoms. The molecule has 0 aliphatic carbocycles. The summed E-state index contributed by atoms with van der Waals surface area (Å²) in [5, 5.41) is 9.55. The van der Waals surface area contributed by atoms with Crippen LogP contribution in [-0.4, -0.2) is 18.7 Å². The zero-order valence-electron chi connectivity index (χ0n) is 15.5. The summed E-state index contributed by atoms with van der Waals surface area (Å²) in [6, 6.07) is 9.35. The molecule has 0 amide bonds. The first kappa shape index (κ1) is 19.4. The van der Waals surface area contributed by atoms with Crippen molar-refractivity contribution >= 4 is 5.97 Å². The first-order chi connectivity index (χ1) is 12.4. The van der Waals surface area contributed by atoms with Crippen LogP contribution >= 0.6 is 0 Å². The van der Waals surface area contributed by atoms with Crippen molar-refractivity contribution in [2.24, 2.45) is 5.73 Å². The number of hydrogen-bond donors (Lipinski definition) is 1. The molecule has 0 saturated carbocycles. The minimum atomic E-state index is -0.634. The lowest BCUT2D eigenvalue weighted by Crippen LogP contribution is -2.25. The number of rotatable bonds is 6. The van der Waals surface area contributed by atoms with Crippen molar-refractivity contribution in [3.63, 3.8) is 0 Å². The molecule has 0 radical (unpaired) electrons. The Morgan fingerprint density at radius 1 is 1.35 bits per heavy atom. The molecule has 2 unspecified atom stereocenters. The summed E-state index contributed by atoms with van der Waals surface area (Å²) >= 11 is 0. The number of nitriles is 1. The fourth-order valence-corrected chi connectivity index (χ4v) is 2.74. The lowest BCUT2D eigenvalue weighted by molar-refractivity contribution is -0.139. The summed E-state index contributed by atoms with van der Waals surface area (Å²) in [7, 11) is 0. The van der Waals surface area contributed by atoms with Crippen LogP contribution < -0.4 is 10.5 Å². The van der Waals surface area contributed by atoms with Gasteiger partial charge in [0.15, 0.2) is 0 Å². The molecule has 26 heavy (non-hydrogen) atoms. The Morgan fingerprint density at radius 3 is 2.54 bits per heavy atom. The molecule has 2 rings (SSSR count). The van der Waals surface area contributed by atoms with E-state index in [9.17, 15) is 10.1 Å². The predicted octanol–water partition coefficient (Wildman–Crippen LogP) is 3.51. The van der Waals surface area contributed by atoms with Crippen LogP contribution in [0.3, 0.4) is 0 Å². The van der Waals surface area contributed by atoms with E-state index in [1.165, 1.54) is 0 Å². The van der Waals surface area contributed by atoms with E-state index in [4.69, 9.17) is 19.9 Å². The Labute approximate surface area is 153 Å². The number of carbonyl (C=O) groups is 1. The van der Waals surface area contributed by atoms with Crippen molar-refractivity contribution in [3.8, 4) is 11.8 Å². The molecule has 2 N–H and O–H groups in total. The van der Waals surface area contributed by atoms with Crippen LogP contribution in [0.2, 0.25) is 0 Å². The van der Waals surface area contributed by atoms with Crippen molar-refractivity contribution < 1.29 is 19.0 Å². The number of hydrogen-bond acceptors (Lipinski definition) is 6. The Kier molecular flexibility index (Phi) is 6.29. The molecule has 0 fully saturated rings. The van der Waals surface area contributed by atoms with Gasteiger partial charge in [0.05, 0.1) is 24.2 Å². The van der Waals surface area contributed by atoms with Crippen LogP contribution in [0.25, 0.3) is 0 Å². The van der Waals surface area contributed by atoms with Crippen LogP contribution in [0.4, 0.5) is 0 Å². The summed E-state index contributed by atoms with van der Waals surface area (Å²) in [4.78, 5) is 12.5. The third-order valence-electron chi connectivity index (χ3n) is 4.23. The number of benzene rings is 1. The van der Waals surface area contributed by atoms with Gasteiger partial charge in [-0.05, 0) is 44.9 Å². The maximum atomic E-state index is 12.5. The topological polar surface area (TPSA) is 94.6 Å².